The third kappa shape index (κ3) is 6.67. The lowest BCUT2D eigenvalue weighted by Crippen LogP contribution is -2.40. The summed E-state index contributed by atoms with van der Waals surface area (Å²) in [6.45, 7) is 8.15. The molecule has 1 heterocycles. The predicted octanol–water partition coefficient (Wildman–Crippen LogP) is 4.61. The normalized spacial score (nSPS) is 11.3. The summed E-state index contributed by atoms with van der Waals surface area (Å²) in [5.41, 5.74) is 7.23. The monoisotopic (exact) mass is 445 g/mol. The van der Waals surface area contributed by atoms with E-state index in [0.29, 0.717) is 22.6 Å². The molecule has 33 heavy (non-hydrogen) atoms. The highest BCUT2D eigenvalue weighted by molar-refractivity contribution is 6.04. The minimum Gasteiger partial charge on any atom is -0.462 e. The fourth-order valence-corrected chi connectivity index (χ4v) is 2.96. The number of hydrazine groups is 1. The maximum absolute atomic E-state index is 12.5. The second-order valence-electron chi connectivity index (χ2n) is 8.58. The van der Waals surface area contributed by atoms with Crippen LogP contribution in [0.25, 0.3) is 6.08 Å². The first kappa shape index (κ1) is 23.5. The second kappa shape index (κ2) is 9.99. The molecule has 0 aliphatic heterocycles. The number of hydrogen-bond acceptors (Lipinski definition) is 4. The van der Waals surface area contributed by atoms with Crippen molar-refractivity contribution < 1.29 is 18.8 Å². The van der Waals surface area contributed by atoms with Gasteiger partial charge in [0.05, 0.1) is 0 Å². The van der Waals surface area contributed by atoms with E-state index in [0.717, 1.165) is 11.3 Å². The van der Waals surface area contributed by atoms with Gasteiger partial charge in [-0.25, -0.2) is 0 Å². The van der Waals surface area contributed by atoms with Gasteiger partial charge in [-0.3, -0.25) is 25.2 Å². The molecule has 0 saturated carbocycles. The van der Waals surface area contributed by atoms with E-state index in [1.54, 1.807) is 55.5 Å². The van der Waals surface area contributed by atoms with Gasteiger partial charge in [0.15, 0.2) is 0 Å². The smallest absolute Gasteiger partial charge is 0.269 e. The van der Waals surface area contributed by atoms with Crippen LogP contribution in [0.4, 0.5) is 5.69 Å². The third-order valence-electron chi connectivity index (χ3n) is 4.88. The number of carbonyl (C=O) groups excluding carboxylic acids is 3. The maximum atomic E-state index is 12.5. The molecule has 0 spiro atoms. The van der Waals surface area contributed by atoms with Crippen molar-refractivity contribution in [3.05, 3.63) is 95.0 Å². The molecular formula is C26H27N3O4. The van der Waals surface area contributed by atoms with Crippen LogP contribution in [-0.2, 0) is 10.2 Å². The van der Waals surface area contributed by atoms with Crippen LogP contribution >= 0.6 is 0 Å². The van der Waals surface area contributed by atoms with Crippen LogP contribution in [0.3, 0.4) is 0 Å². The topological polar surface area (TPSA) is 100 Å². The highest BCUT2D eigenvalue weighted by atomic mass is 16.3. The van der Waals surface area contributed by atoms with Crippen molar-refractivity contribution in [3.8, 4) is 0 Å². The van der Waals surface area contributed by atoms with Crippen LogP contribution in [0.2, 0.25) is 0 Å². The summed E-state index contributed by atoms with van der Waals surface area (Å²) in [7, 11) is 0. The molecule has 3 rings (SSSR count). The summed E-state index contributed by atoms with van der Waals surface area (Å²) in [5, 5.41) is 2.81. The average Bonchev–Trinajstić information content (AvgIpc) is 3.21. The van der Waals surface area contributed by atoms with E-state index in [-0.39, 0.29) is 11.3 Å². The average molecular weight is 446 g/mol. The Morgan fingerprint density at radius 1 is 0.788 bits per heavy atom. The zero-order chi connectivity index (χ0) is 24.0. The van der Waals surface area contributed by atoms with E-state index in [4.69, 9.17) is 4.42 Å². The van der Waals surface area contributed by atoms with Crippen molar-refractivity contribution in [1.29, 1.82) is 0 Å². The number of anilines is 1. The number of furan rings is 1. The predicted molar refractivity (Wildman–Crippen MR) is 128 cm³/mol. The molecule has 3 aromatic rings. The molecule has 0 aliphatic rings. The van der Waals surface area contributed by atoms with Crippen LogP contribution in [0.5, 0.6) is 0 Å². The van der Waals surface area contributed by atoms with E-state index in [1.807, 2.05) is 12.1 Å². The Labute approximate surface area is 192 Å². The molecule has 0 atom stereocenters. The summed E-state index contributed by atoms with van der Waals surface area (Å²) < 4.78 is 5.33. The number of benzene rings is 2. The SMILES string of the molecule is Cc1ccc(/C=C/C(=O)NNC(=O)c2ccc(NC(=O)c3ccc(C(C)(C)C)cc3)cc2)o1. The lowest BCUT2D eigenvalue weighted by Gasteiger charge is -2.19. The molecule has 3 amide bonds. The molecular weight excluding hydrogens is 418 g/mol. The van der Waals surface area contributed by atoms with Crippen LogP contribution < -0.4 is 16.2 Å². The molecule has 2 aromatic carbocycles. The standard InChI is InChI=1S/C26H27N3O4/c1-17-5-14-22(33-17)15-16-23(30)28-29-25(32)19-8-12-21(13-9-19)27-24(31)18-6-10-20(11-7-18)26(2,3)4/h5-16H,1-4H3,(H,27,31)(H,28,30)(H,29,32)/b16-15+. The van der Waals surface area contributed by atoms with Crippen molar-refractivity contribution in [1.82, 2.24) is 10.9 Å². The van der Waals surface area contributed by atoms with Gasteiger partial charge < -0.3 is 9.73 Å². The minimum absolute atomic E-state index is 0.0136. The summed E-state index contributed by atoms with van der Waals surface area (Å²) in [4.78, 5) is 36.6. The molecule has 0 bridgehead atoms. The zero-order valence-electron chi connectivity index (χ0n) is 19.1. The van der Waals surface area contributed by atoms with E-state index in [1.165, 1.54) is 12.2 Å². The number of aryl methyl sites for hydroxylation is 1. The van der Waals surface area contributed by atoms with Crippen LogP contribution in [0, 0.1) is 6.92 Å². The van der Waals surface area contributed by atoms with Crippen molar-refractivity contribution in [2.75, 3.05) is 5.32 Å². The van der Waals surface area contributed by atoms with Gasteiger partial charge in [-0.1, -0.05) is 32.9 Å². The first-order valence-electron chi connectivity index (χ1n) is 10.5. The first-order valence-corrected chi connectivity index (χ1v) is 10.5. The Morgan fingerprint density at radius 2 is 1.39 bits per heavy atom. The number of rotatable bonds is 5. The molecule has 0 fully saturated rings. The summed E-state index contributed by atoms with van der Waals surface area (Å²) in [5.74, 6) is 0.0525. The largest absolute Gasteiger partial charge is 0.462 e. The Balaban J connectivity index is 1.51. The van der Waals surface area contributed by atoms with Gasteiger partial charge >= 0.3 is 0 Å². The lowest BCUT2D eigenvalue weighted by atomic mass is 9.87. The lowest BCUT2D eigenvalue weighted by molar-refractivity contribution is -0.117. The van der Waals surface area contributed by atoms with E-state index < -0.39 is 11.8 Å². The van der Waals surface area contributed by atoms with E-state index in [2.05, 4.69) is 36.9 Å². The molecule has 0 radical (unpaired) electrons. The van der Waals surface area contributed by atoms with Gasteiger partial charge in [0.25, 0.3) is 17.7 Å². The van der Waals surface area contributed by atoms with Gasteiger partial charge in [0, 0.05) is 22.9 Å². The fourth-order valence-electron chi connectivity index (χ4n) is 2.96. The number of amides is 3. The second-order valence-corrected chi connectivity index (χ2v) is 8.58. The number of nitrogens with one attached hydrogen (secondary N) is 3. The van der Waals surface area contributed by atoms with Crippen molar-refractivity contribution in [2.45, 2.75) is 33.1 Å². The molecule has 0 aliphatic carbocycles. The highest BCUT2D eigenvalue weighted by Crippen LogP contribution is 2.22. The number of carbonyl (C=O) groups is 3. The highest BCUT2D eigenvalue weighted by Gasteiger charge is 2.14. The van der Waals surface area contributed by atoms with E-state index >= 15 is 0 Å². The quantitative estimate of drug-likeness (QED) is 0.394. The minimum atomic E-state index is -0.501. The van der Waals surface area contributed by atoms with Crippen molar-refractivity contribution in [3.63, 3.8) is 0 Å². The molecule has 0 saturated heterocycles. The Hall–Kier alpha value is -4.13. The fraction of sp³-hybridized carbons (Fsp3) is 0.192. The molecule has 0 unspecified atom stereocenters. The van der Waals surface area contributed by atoms with Gasteiger partial charge in [-0.05, 0) is 72.5 Å². The zero-order valence-corrected chi connectivity index (χ0v) is 19.1. The summed E-state index contributed by atoms with van der Waals surface area (Å²) in [6.07, 6.45) is 2.76. The Kier molecular flexibility index (Phi) is 7.13. The van der Waals surface area contributed by atoms with Crippen molar-refractivity contribution >= 4 is 29.5 Å². The third-order valence-corrected chi connectivity index (χ3v) is 4.88. The summed E-state index contributed by atoms with van der Waals surface area (Å²) >= 11 is 0. The van der Waals surface area contributed by atoms with Crippen LogP contribution in [0.1, 0.15) is 58.6 Å². The number of hydrogen-bond donors (Lipinski definition) is 3. The van der Waals surface area contributed by atoms with E-state index in [9.17, 15) is 14.4 Å². The van der Waals surface area contributed by atoms with Gasteiger partial charge in [-0.15, -0.1) is 0 Å². The maximum Gasteiger partial charge on any atom is 0.269 e. The molecule has 170 valence electrons. The van der Waals surface area contributed by atoms with Gasteiger partial charge in [0.2, 0.25) is 0 Å². The molecule has 7 heteroatoms. The first-order chi connectivity index (χ1) is 15.6. The van der Waals surface area contributed by atoms with Crippen molar-refractivity contribution in [2.24, 2.45) is 0 Å². The van der Waals surface area contributed by atoms with Gasteiger partial charge in [0.1, 0.15) is 11.5 Å². The Bertz CT molecular complexity index is 1170. The van der Waals surface area contributed by atoms with Crippen LogP contribution in [-0.4, -0.2) is 17.7 Å². The van der Waals surface area contributed by atoms with Crippen LogP contribution in [0.15, 0.2) is 71.2 Å². The Morgan fingerprint density at radius 3 is 1.97 bits per heavy atom. The van der Waals surface area contributed by atoms with Gasteiger partial charge in [-0.2, -0.15) is 0 Å². The molecule has 7 nitrogen and oxygen atoms in total. The summed E-state index contributed by atoms with van der Waals surface area (Å²) in [6, 6.07) is 17.4. The molecule has 3 N–H and O–H groups in total. The molecule has 1 aromatic heterocycles.